The molecule has 0 unspecified atom stereocenters. The van der Waals surface area contributed by atoms with Crippen LogP contribution in [0.15, 0.2) is 59.1 Å². The molecular weight excluding hydrogens is 376 g/mol. The molecule has 1 saturated heterocycles. The monoisotopic (exact) mass is 402 g/mol. The average Bonchev–Trinajstić information content (AvgIpc) is 3.29. The van der Waals surface area contributed by atoms with Crippen molar-refractivity contribution in [3.05, 3.63) is 66.1 Å². The number of aromatic nitrogens is 2. The molecule has 1 aliphatic rings. The molecule has 0 saturated carbocycles. The van der Waals surface area contributed by atoms with E-state index in [-0.39, 0.29) is 12.6 Å². The van der Waals surface area contributed by atoms with Crippen molar-refractivity contribution >= 4 is 0 Å². The highest BCUT2D eigenvalue weighted by Gasteiger charge is 2.26. The summed E-state index contributed by atoms with van der Waals surface area (Å²) in [5, 5.41) is 4.16. The van der Waals surface area contributed by atoms with Gasteiger partial charge in [0, 0.05) is 43.9 Å². The predicted octanol–water partition coefficient (Wildman–Crippen LogP) is 3.63. The van der Waals surface area contributed by atoms with Crippen LogP contribution in [0.4, 0.5) is 0 Å². The minimum atomic E-state index is 0.0864. The van der Waals surface area contributed by atoms with E-state index in [4.69, 9.17) is 15.7 Å². The zero-order valence-corrected chi connectivity index (χ0v) is 17.2. The highest BCUT2D eigenvalue weighted by atomic mass is 16.5. The van der Waals surface area contributed by atoms with E-state index in [9.17, 15) is 0 Å². The van der Waals surface area contributed by atoms with Crippen LogP contribution in [0, 0.1) is 12.3 Å². The SMILES string of the molecule is C#CCOc1ccccc1CN1CCN([C@@H](C)c2nc(-c3ccccc3)no2)CC1. The van der Waals surface area contributed by atoms with Gasteiger partial charge in [-0.3, -0.25) is 9.80 Å². The first-order valence-corrected chi connectivity index (χ1v) is 10.2. The molecule has 154 valence electrons. The molecular formula is C24H26N4O2. The fourth-order valence-corrected chi connectivity index (χ4v) is 3.71. The van der Waals surface area contributed by atoms with Gasteiger partial charge >= 0.3 is 0 Å². The summed E-state index contributed by atoms with van der Waals surface area (Å²) in [5.41, 5.74) is 2.13. The van der Waals surface area contributed by atoms with Crippen LogP contribution in [-0.2, 0) is 6.54 Å². The number of rotatable bonds is 7. The largest absolute Gasteiger partial charge is 0.481 e. The van der Waals surface area contributed by atoms with E-state index in [1.165, 1.54) is 5.56 Å². The quantitative estimate of drug-likeness (QED) is 0.563. The number of terminal acetylenes is 1. The smallest absolute Gasteiger partial charge is 0.244 e. The average molecular weight is 402 g/mol. The summed E-state index contributed by atoms with van der Waals surface area (Å²) in [6.45, 7) is 7.08. The molecule has 2 aromatic carbocycles. The molecule has 0 radical (unpaired) electrons. The maximum Gasteiger partial charge on any atom is 0.244 e. The van der Waals surface area contributed by atoms with Crippen LogP contribution in [0.5, 0.6) is 5.75 Å². The summed E-state index contributed by atoms with van der Waals surface area (Å²) in [7, 11) is 0. The van der Waals surface area contributed by atoms with Crippen LogP contribution in [0.25, 0.3) is 11.4 Å². The van der Waals surface area contributed by atoms with Gasteiger partial charge in [0.05, 0.1) is 6.04 Å². The molecule has 1 fully saturated rings. The first-order valence-electron chi connectivity index (χ1n) is 10.2. The number of hydrogen-bond donors (Lipinski definition) is 0. The Labute approximate surface area is 177 Å². The molecule has 1 aromatic heterocycles. The molecule has 3 aromatic rings. The first-order chi connectivity index (χ1) is 14.7. The number of piperazine rings is 1. The van der Waals surface area contributed by atoms with Crippen molar-refractivity contribution in [2.24, 2.45) is 0 Å². The second kappa shape index (κ2) is 9.57. The molecule has 1 atom stereocenters. The number of hydrogen-bond acceptors (Lipinski definition) is 6. The van der Waals surface area contributed by atoms with Gasteiger partial charge in [0.25, 0.3) is 0 Å². The van der Waals surface area contributed by atoms with Gasteiger partial charge in [-0.25, -0.2) is 0 Å². The van der Waals surface area contributed by atoms with Gasteiger partial charge in [-0.1, -0.05) is 59.6 Å². The minimum absolute atomic E-state index is 0.0864. The number of nitrogens with zero attached hydrogens (tertiary/aromatic N) is 4. The maximum atomic E-state index is 5.68. The van der Waals surface area contributed by atoms with Crippen LogP contribution in [0.2, 0.25) is 0 Å². The van der Waals surface area contributed by atoms with Crippen molar-refractivity contribution in [1.29, 1.82) is 0 Å². The summed E-state index contributed by atoms with van der Waals surface area (Å²) in [6.07, 6.45) is 5.33. The van der Waals surface area contributed by atoms with E-state index in [0.29, 0.717) is 11.7 Å². The third-order valence-electron chi connectivity index (χ3n) is 5.46. The van der Waals surface area contributed by atoms with Gasteiger partial charge in [-0.15, -0.1) is 6.42 Å². The van der Waals surface area contributed by atoms with Gasteiger partial charge in [0.2, 0.25) is 11.7 Å². The molecule has 0 aliphatic carbocycles. The van der Waals surface area contributed by atoms with Crippen molar-refractivity contribution < 1.29 is 9.26 Å². The van der Waals surface area contributed by atoms with E-state index < -0.39 is 0 Å². The lowest BCUT2D eigenvalue weighted by molar-refractivity contribution is 0.0840. The Balaban J connectivity index is 1.34. The molecule has 0 spiro atoms. The van der Waals surface area contributed by atoms with Crippen molar-refractivity contribution in [3.8, 4) is 29.5 Å². The Morgan fingerprint density at radius 3 is 2.57 bits per heavy atom. The number of benzene rings is 2. The fourth-order valence-electron chi connectivity index (χ4n) is 3.71. The first kappa shape index (κ1) is 20.1. The van der Waals surface area contributed by atoms with Crippen molar-refractivity contribution in [1.82, 2.24) is 19.9 Å². The van der Waals surface area contributed by atoms with Crippen molar-refractivity contribution in [2.45, 2.75) is 19.5 Å². The highest BCUT2D eigenvalue weighted by Crippen LogP contribution is 2.25. The van der Waals surface area contributed by atoms with E-state index in [2.05, 4.69) is 38.9 Å². The van der Waals surface area contributed by atoms with Crippen molar-refractivity contribution in [2.75, 3.05) is 32.8 Å². The Bertz CT molecular complexity index is 988. The second-order valence-electron chi connectivity index (χ2n) is 7.41. The summed E-state index contributed by atoms with van der Waals surface area (Å²) in [4.78, 5) is 9.44. The molecule has 0 bridgehead atoms. The van der Waals surface area contributed by atoms with Gasteiger partial charge in [-0.05, 0) is 13.0 Å². The minimum Gasteiger partial charge on any atom is -0.481 e. The van der Waals surface area contributed by atoms with Gasteiger partial charge < -0.3 is 9.26 Å². The maximum absolute atomic E-state index is 5.68. The highest BCUT2D eigenvalue weighted by molar-refractivity contribution is 5.53. The number of ether oxygens (including phenoxy) is 1. The third-order valence-corrected chi connectivity index (χ3v) is 5.46. The van der Waals surface area contributed by atoms with Crippen LogP contribution >= 0.6 is 0 Å². The lowest BCUT2D eigenvalue weighted by Gasteiger charge is -2.37. The van der Waals surface area contributed by atoms with E-state index in [1.807, 2.05) is 48.5 Å². The molecule has 6 heteroatoms. The van der Waals surface area contributed by atoms with E-state index in [0.717, 1.165) is 44.0 Å². The van der Waals surface area contributed by atoms with Gasteiger partial charge in [-0.2, -0.15) is 4.98 Å². The Kier molecular flexibility index (Phi) is 6.43. The molecule has 0 N–H and O–H groups in total. The molecule has 0 amide bonds. The molecule has 6 nitrogen and oxygen atoms in total. The second-order valence-corrected chi connectivity index (χ2v) is 7.41. The Morgan fingerprint density at radius 2 is 1.80 bits per heavy atom. The van der Waals surface area contributed by atoms with E-state index in [1.54, 1.807) is 0 Å². The summed E-state index contributed by atoms with van der Waals surface area (Å²) in [5.74, 6) is 4.70. The number of para-hydroxylation sites is 1. The molecule has 1 aliphatic heterocycles. The van der Waals surface area contributed by atoms with Crippen molar-refractivity contribution in [3.63, 3.8) is 0 Å². The predicted molar refractivity (Wildman–Crippen MR) is 116 cm³/mol. The fraction of sp³-hybridized carbons (Fsp3) is 0.333. The standard InChI is InChI=1S/C24H26N4O2/c1-3-17-29-22-12-8-7-11-21(22)18-27-13-15-28(16-14-27)19(2)24-25-23(26-30-24)20-9-5-4-6-10-20/h1,4-12,19H,13-18H2,2H3/t19-/m0/s1. The van der Waals surface area contributed by atoms with Gasteiger partial charge in [0.1, 0.15) is 12.4 Å². The van der Waals surface area contributed by atoms with Crippen LogP contribution in [-0.4, -0.2) is 52.7 Å². The zero-order valence-electron chi connectivity index (χ0n) is 17.2. The molecule has 30 heavy (non-hydrogen) atoms. The Hall–Kier alpha value is -3.14. The zero-order chi connectivity index (χ0) is 20.8. The Morgan fingerprint density at radius 1 is 1.07 bits per heavy atom. The van der Waals surface area contributed by atoms with Gasteiger partial charge in [0.15, 0.2) is 0 Å². The topological polar surface area (TPSA) is 54.6 Å². The van der Waals surface area contributed by atoms with Crippen LogP contribution in [0.1, 0.15) is 24.4 Å². The summed E-state index contributed by atoms with van der Waals surface area (Å²) < 4.78 is 11.2. The van der Waals surface area contributed by atoms with Crippen LogP contribution < -0.4 is 4.74 Å². The summed E-state index contributed by atoms with van der Waals surface area (Å²) >= 11 is 0. The summed E-state index contributed by atoms with van der Waals surface area (Å²) in [6, 6.07) is 18.1. The lowest BCUT2D eigenvalue weighted by atomic mass is 10.1. The van der Waals surface area contributed by atoms with Crippen LogP contribution in [0.3, 0.4) is 0 Å². The normalized spacial score (nSPS) is 16.1. The van der Waals surface area contributed by atoms with E-state index >= 15 is 0 Å². The lowest BCUT2D eigenvalue weighted by Crippen LogP contribution is -2.46. The third kappa shape index (κ3) is 4.70. The molecule has 2 heterocycles. The molecule has 4 rings (SSSR count).